The molecule has 13 heavy (non-hydrogen) atoms. The fourth-order valence-corrected chi connectivity index (χ4v) is 2.34. The summed E-state index contributed by atoms with van der Waals surface area (Å²) in [6, 6.07) is 0. The molecule has 1 unspecified atom stereocenters. The second kappa shape index (κ2) is 3.61. The average molecular weight is 197 g/mol. The normalized spacial score (nSPS) is 22.8. The van der Waals surface area contributed by atoms with Crippen LogP contribution in [0.2, 0.25) is 19.4 Å². The van der Waals surface area contributed by atoms with Crippen LogP contribution in [0.3, 0.4) is 0 Å². The molecule has 0 amide bonds. The number of nitrogens with zero attached hydrogens (tertiary/aromatic N) is 1. The molecule has 0 bridgehead atoms. The van der Waals surface area contributed by atoms with Crippen LogP contribution in [0.4, 0.5) is 0 Å². The largest absolute Gasteiger partial charge is 0.417 e. The molecule has 0 aromatic carbocycles. The Morgan fingerprint density at radius 2 is 2.00 bits per heavy atom. The van der Waals surface area contributed by atoms with Gasteiger partial charge in [-0.2, -0.15) is 11.5 Å². The molecule has 0 N–H and O–H groups in total. The van der Waals surface area contributed by atoms with E-state index in [4.69, 9.17) is 11.5 Å². The first-order chi connectivity index (χ1) is 5.84. The van der Waals surface area contributed by atoms with Gasteiger partial charge >= 0.3 is 0 Å². The third kappa shape index (κ3) is 2.25. The zero-order chi connectivity index (χ0) is 10.2. The lowest BCUT2D eigenvalue weighted by Gasteiger charge is -2.37. The maximum Gasteiger partial charge on any atom is 0.252 e. The molecule has 0 saturated heterocycles. The highest BCUT2D eigenvalue weighted by Crippen LogP contribution is 2.32. The lowest BCUT2D eigenvalue weighted by atomic mass is 9.38. The molecule has 1 rings (SSSR count). The average Bonchev–Trinajstić information content (AvgIpc) is 2.28. The summed E-state index contributed by atoms with van der Waals surface area (Å²) in [7, 11) is 0. The van der Waals surface area contributed by atoms with E-state index in [9.17, 15) is 0 Å². The number of hydrogen-bond donors (Lipinski definition) is 0. The van der Waals surface area contributed by atoms with Crippen LogP contribution >= 0.6 is 11.5 Å². The Bertz CT molecular complexity index is 210. The molecule has 1 heterocycles. The van der Waals surface area contributed by atoms with Crippen LogP contribution in [0.5, 0.6) is 0 Å². The first-order valence-corrected chi connectivity index (χ1v) is 5.38. The summed E-state index contributed by atoms with van der Waals surface area (Å²) in [4.78, 5) is 2.39. The monoisotopic (exact) mass is 197 g/mol. The minimum atomic E-state index is 0.205. The molecular weight excluding hydrogens is 179 g/mol. The fraction of sp³-hybridized carbons (Fsp3) is 0.778. The van der Waals surface area contributed by atoms with Crippen LogP contribution in [-0.4, -0.2) is 23.3 Å². The quantitative estimate of drug-likeness (QED) is 0.584. The van der Waals surface area contributed by atoms with Gasteiger partial charge in [0.1, 0.15) is 0 Å². The van der Waals surface area contributed by atoms with E-state index in [-0.39, 0.29) is 11.7 Å². The summed E-state index contributed by atoms with van der Waals surface area (Å²) < 4.78 is 0. The molecule has 72 valence electrons. The van der Waals surface area contributed by atoms with Crippen molar-refractivity contribution in [3.63, 3.8) is 0 Å². The zero-order valence-electron chi connectivity index (χ0n) is 9.21. The molecule has 1 aliphatic heterocycles. The predicted molar refractivity (Wildman–Crippen MR) is 63.6 cm³/mol. The Morgan fingerprint density at radius 1 is 1.46 bits per heavy atom. The third-order valence-electron chi connectivity index (χ3n) is 2.77. The smallest absolute Gasteiger partial charge is 0.252 e. The van der Waals surface area contributed by atoms with Gasteiger partial charge < -0.3 is 4.81 Å². The van der Waals surface area contributed by atoms with Crippen molar-refractivity contribution in [1.82, 2.24) is 4.81 Å². The van der Waals surface area contributed by atoms with Gasteiger partial charge in [0.05, 0.1) is 0 Å². The van der Waals surface area contributed by atoms with Gasteiger partial charge in [-0.15, -0.1) is 0 Å². The maximum absolute atomic E-state index is 6.12. The Balaban J connectivity index is 2.72. The molecule has 0 radical (unpaired) electrons. The number of rotatable bonds is 1. The summed E-state index contributed by atoms with van der Waals surface area (Å²) in [6.07, 6.45) is 4.64. The highest BCUT2D eigenvalue weighted by molar-refractivity contribution is 7.11. The lowest BCUT2D eigenvalue weighted by Crippen LogP contribution is -2.46. The van der Waals surface area contributed by atoms with Gasteiger partial charge in [0.25, 0.3) is 6.85 Å². The van der Waals surface area contributed by atoms with Crippen molar-refractivity contribution >= 4 is 24.4 Å². The van der Waals surface area contributed by atoms with Crippen molar-refractivity contribution in [2.75, 3.05) is 0 Å². The Morgan fingerprint density at radius 3 is 2.23 bits per heavy atom. The maximum atomic E-state index is 6.12. The Hall–Kier alpha value is -0.0401. The molecule has 0 saturated carbocycles. The summed E-state index contributed by atoms with van der Waals surface area (Å²) >= 11 is 6.12. The molecule has 0 aromatic rings. The van der Waals surface area contributed by atoms with E-state index >= 15 is 0 Å². The van der Waals surface area contributed by atoms with E-state index in [1.165, 1.54) is 0 Å². The van der Waals surface area contributed by atoms with Gasteiger partial charge in [-0.1, -0.05) is 19.7 Å². The summed E-state index contributed by atoms with van der Waals surface area (Å²) in [5.41, 5.74) is 0.692. The van der Waals surface area contributed by atoms with E-state index < -0.39 is 0 Å². The number of hydrogen-bond acceptors (Lipinski definition) is 1. The first-order valence-electron chi connectivity index (χ1n) is 4.95. The standard InChI is InChI=1S/C9H18B2ClN/c1-9(2,3)13-7-6-8(10(4)12)11(13)5/h6-8H,1-5H3. The van der Waals surface area contributed by atoms with Crippen LogP contribution in [0.15, 0.2) is 12.3 Å². The molecule has 1 nitrogen and oxygen atoms in total. The minimum Gasteiger partial charge on any atom is -0.417 e. The second-order valence-electron chi connectivity index (χ2n) is 4.92. The molecule has 1 atom stereocenters. The van der Waals surface area contributed by atoms with Crippen molar-refractivity contribution in [2.45, 2.75) is 45.7 Å². The van der Waals surface area contributed by atoms with Crippen molar-refractivity contribution in [2.24, 2.45) is 0 Å². The van der Waals surface area contributed by atoms with Crippen molar-refractivity contribution in [3.8, 4) is 0 Å². The van der Waals surface area contributed by atoms with Gasteiger partial charge in [0.2, 0.25) is 6.13 Å². The highest BCUT2D eigenvalue weighted by Gasteiger charge is 2.38. The van der Waals surface area contributed by atoms with Crippen LogP contribution in [-0.2, 0) is 0 Å². The van der Waals surface area contributed by atoms with E-state index in [2.05, 4.69) is 51.5 Å². The Labute approximate surface area is 87.6 Å². The van der Waals surface area contributed by atoms with Crippen LogP contribution < -0.4 is 0 Å². The van der Waals surface area contributed by atoms with Crippen molar-refractivity contribution < 1.29 is 0 Å². The molecule has 1 aliphatic rings. The first kappa shape index (κ1) is 11.0. The summed E-state index contributed by atoms with van der Waals surface area (Å²) in [5.74, 6) is 0. The van der Waals surface area contributed by atoms with E-state index in [1.807, 2.05) is 0 Å². The van der Waals surface area contributed by atoms with Crippen LogP contribution in [0, 0.1) is 0 Å². The second-order valence-corrected chi connectivity index (χ2v) is 5.60. The molecule has 0 fully saturated rings. The van der Waals surface area contributed by atoms with E-state index in [1.54, 1.807) is 0 Å². The molecular formula is C9H18B2ClN. The zero-order valence-corrected chi connectivity index (χ0v) is 9.97. The molecule has 4 heteroatoms. The van der Waals surface area contributed by atoms with Crippen LogP contribution in [0.1, 0.15) is 20.8 Å². The van der Waals surface area contributed by atoms with Crippen molar-refractivity contribution in [1.29, 1.82) is 0 Å². The fourth-order valence-electron chi connectivity index (χ4n) is 2.05. The topological polar surface area (TPSA) is 3.24 Å². The minimum absolute atomic E-state index is 0.205. The number of allylic oxidation sites excluding steroid dienone is 1. The third-order valence-corrected chi connectivity index (χ3v) is 3.06. The van der Waals surface area contributed by atoms with Gasteiger partial charge in [-0.3, -0.25) is 0 Å². The molecule has 0 aliphatic carbocycles. The Kier molecular flexibility index (Phi) is 3.06. The highest BCUT2D eigenvalue weighted by atomic mass is 35.5. The number of halogens is 1. The SMILES string of the molecule is CB(Cl)C1C=CN(C(C)(C)C)B1C. The summed E-state index contributed by atoms with van der Waals surface area (Å²) in [6.45, 7) is 11.5. The van der Waals surface area contributed by atoms with Gasteiger partial charge in [-0.25, -0.2) is 0 Å². The summed E-state index contributed by atoms with van der Waals surface area (Å²) in [5, 5.41) is 0. The van der Waals surface area contributed by atoms with Crippen LogP contribution in [0.25, 0.3) is 0 Å². The molecule has 0 aromatic heterocycles. The van der Waals surface area contributed by atoms with Gasteiger partial charge in [-0.05, 0) is 32.7 Å². The van der Waals surface area contributed by atoms with Gasteiger partial charge in [0, 0.05) is 5.54 Å². The van der Waals surface area contributed by atoms with E-state index in [0.29, 0.717) is 12.6 Å². The van der Waals surface area contributed by atoms with E-state index in [0.717, 1.165) is 0 Å². The predicted octanol–water partition coefficient (Wildman–Crippen LogP) is 3.01. The lowest BCUT2D eigenvalue weighted by molar-refractivity contribution is 0.327. The van der Waals surface area contributed by atoms with Crippen molar-refractivity contribution in [3.05, 3.63) is 12.3 Å². The van der Waals surface area contributed by atoms with Gasteiger partial charge in [0.15, 0.2) is 0 Å². The molecule has 0 spiro atoms.